The third-order valence-electron chi connectivity index (χ3n) is 4.97. The Labute approximate surface area is 160 Å². The lowest BCUT2D eigenvalue weighted by Crippen LogP contribution is -2.51. The summed E-state index contributed by atoms with van der Waals surface area (Å²) in [6, 6.07) is 17.7. The average Bonchev–Trinajstić information content (AvgIpc) is 2.64. The molecule has 0 spiro atoms. The second-order valence-electron chi connectivity index (χ2n) is 7.49. The summed E-state index contributed by atoms with van der Waals surface area (Å²) in [4.78, 5) is 14.9. The van der Waals surface area contributed by atoms with Crippen molar-refractivity contribution in [2.45, 2.75) is 38.7 Å². The van der Waals surface area contributed by atoms with Gasteiger partial charge in [0.05, 0.1) is 0 Å². The Morgan fingerprint density at radius 3 is 2.31 bits per heavy atom. The summed E-state index contributed by atoms with van der Waals surface area (Å²) >= 11 is 5.91. The average molecular weight is 372 g/mol. The molecule has 1 aliphatic heterocycles. The number of ether oxygens (including phenoxy) is 1. The maximum atomic E-state index is 12.9. The first-order valence-corrected chi connectivity index (χ1v) is 9.60. The van der Waals surface area contributed by atoms with Gasteiger partial charge in [-0.1, -0.05) is 41.9 Å². The number of piperidine rings is 1. The van der Waals surface area contributed by atoms with Crippen molar-refractivity contribution in [2.24, 2.45) is 5.92 Å². The van der Waals surface area contributed by atoms with Gasteiger partial charge in [0, 0.05) is 18.1 Å². The zero-order valence-electron chi connectivity index (χ0n) is 15.5. The van der Waals surface area contributed by atoms with Gasteiger partial charge in [-0.15, -0.1) is 0 Å². The molecule has 4 heteroatoms. The van der Waals surface area contributed by atoms with Crippen LogP contribution in [0.5, 0.6) is 5.75 Å². The molecule has 1 saturated heterocycles. The Hall–Kier alpha value is -2.00. The maximum Gasteiger partial charge on any atom is 0.266 e. The molecule has 1 fully saturated rings. The Kier molecular flexibility index (Phi) is 5.87. The van der Waals surface area contributed by atoms with Crippen LogP contribution in [0.1, 0.15) is 32.3 Å². The minimum Gasteiger partial charge on any atom is -0.478 e. The fraction of sp³-hybridized carbons (Fsp3) is 0.409. The molecule has 0 unspecified atom stereocenters. The van der Waals surface area contributed by atoms with Gasteiger partial charge in [-0.25, -0.2) is 0 Å². The second-order valence-corrected chi connectivity index (χ2v) is 7.93. The van der Waals surface area contributed by atoms with Gasteiger partial charge in [0.1, 0.15) is 5.75 Å². The van der Waals surface area contributed by atoms with Crippen LogP contribution in [-0.4, -0.2) is 29.5 Å². The highest BCUT2D eigenvalue weighted by Crippen LogP contribution is 2.26. The molecule has 3 nitrogen and oxygen atoms in total. The minimum atomic E-state index is -0.889. The molecule has 0 N–H and O–H groups in total. The smallest absolute Gasteiger partial charge is 0.266 e. The number of hydrogen-bond donors (Lipinski definition) is 0. The van der Waals surface area contributed by atoms with Crippen LogP contribution < -0.4 is 4.74 Å². The van der Waals surface area contributed by atoms with Crippen LogP contribution in [0.2, 0.25) is 5.02 Å². The molecule has 0 saturated carbocycles. The lowest BCUT2D eigenvalue weighted by atomic mass is 9.89. The Morgan fingerprint density at radius 2 is 1.69 bits per heavy atom. The Morgan fingerprint density at radius 1 is 1.08 bits per heavy atom. The molecule has 26 heavy (non-hydrogen) atoms. The van der Waals surface area contributed by atoms with E-state index < -0.39 is 5.60 Å². The van der Waals surface area contributed by atoms with Gasteiger partial charge in [-0.2, -0.15) is 0 Å². The first kappa shape index (κ1) is 18.8. The molecule has 0 radical (unpaired) electrons. The number of nitrogens with zero attached hydrogens (tertiary/aromatic N) is 1. The molecule has 0 aliphatic carbocycles. The minimum absolute atomic E-state index is 0.0469. The van der Waals surface area contributed by atoms with Crippen LogP contribution in [0.4, 0.5) is 0 Å². The number of hydrogen-bond acceptors (Lipinski definition) is 2. The number of likely N-dealkylation sites (tertiary alicyclic amines) is 1. The number of carbonyl (C=O) groups is 1. The summed E-state index contributed by atoms with van der Waals surface area (Å²) in [5.74, 6) is 1.35. The van der Waals surface area contributed by atoms with E-state index in [2.05, 4.69) is 24.3 Å². The molecule has 0 atom stereocenters. The van der Waals surface area contributed by atoms with Crippen LogP contribution in [0.3, 0.4) is 0 Å². The molecular weight excluding hydrogens is 346 g/mol. The molecule has 0 aromatic heterocycles. The van der Waals surface area contributed by atoms with Gasteiger partial charge < -0.3 is 9.64 Å². The molecule has 1 amide bonds. The lowest BCUT2D eigenvalue weighted by Gasteiger charge is -2.37. The third kappa shape index (κ3) is 4.79. The number of rotatable bonds is 5. The van der Waals surface area contributed by atoms with Gasteiger partial charge in [0.15, 0.2) is 5.60 Å². The molecule has 0 bridgehead atoms. The van der Waals surface area contributed by atoms with Crippen LogP contribution in [0.15, 0.2) is 54.6 Å². The summed E-state index contributed by atoms with van der Waals surface area (Å²) in [6.07, 6.45) is 3.17. The van der Waals surface area contributed by atoms with Crippen molar-refractivity contribution in [1.29, 1.82) is 0 Å². The predicted octanol–water partition coefficient (Wildman–Crippen LogP) is 4.98. The molecule has 2 aromatic carbocycles. The Balaban J connectivity index is 1.54. The van der Waals surface area contributed by atoms with Crippen molar-refractivity contribution in [2.75, 3.05) is 13.1 Å². The van der Waals surface area contributed by atoms with Gasteiger partial charge in [-0.05, 0) is 68.9 Å². The monoisotopic (exact) mass is 371 g/mol. The summed E-state index contributed by atoms with van der Waals surface area (Å²) in [7, 11) is 0. The van der Waals surface area contributed by atoms with Crippen molar-refractivity contribution in [3.05, 3.63) is 65.2 Å². The lowest BCUT2D eigenvalue weighted by molar-refractivity contribution is -0.146. The van der Waals surface area contributed by atoms with E-state index in [1.165, 1.54) is 5.56 Å². The van der Waals surface area contributed by atoms with E-state index in [4.69, 9.17) is 16.3 Å². The highest BCUT2D eigenvalue weighted by atomic mass is 35.5. The van der Waals surface area contributed by atoms with Crippen LogP contribution >= 0.6 is 11.6 Å². The second kappa shape index (κ2) is 8.13. The van der Waals surface area contributed by atoms with E-state index in [-0.39, 0.29) is 5.91 Å². The zero-order valence-corrected chi connectivity index (χ0v) is 16.2. The SMILES string of the molecule is CC(C)(Oc1ccc(Cl)cc1)C(=O)N1CCC(Cc2ccccc2)CC1. The summed E-state index contributed by atoms with van der Waals surface area (Å²) in [5.41, 5.74) is 0.490. The van der Waals surface area contributed by atoms with Gasteiger partial charge in [0.25, 0.3) is 5.91 Å². The van der Waals surface area contributed by atoms with Crippen LogP contribution in [-0.2, 0) is 11.2 Å². The van der Waals surface area contributed by atoms with E-state index in [1.54, 1.807) is 24.3 Å². The van der Waals surface area contributed by atoms with Gasteiger partial charge in [-0.3, -0.25) is 4.79 Å². The largest absolute Gasteiger partial charge is 0.478 e. The van der Waals surface area contributed by atoms with Crippen molar-refractivity contribution < 1.29 is 9.53 Å². The maximum absolute atomic E-state index is 12.9. The van der Waals surface area contributed by atoms with Crippen molar-refractivity contribution in [3.63, 3.8) is 0 Å². The number of benzene rings is 2. The molecule has 138 valence electrons. The van der Waals surface area contributed by atoms with Crippen LogP contribution in [0.25, 0.3) is 0 Å². The zero-order chi connectivity index (χ0) is 18.6. The fourth-order valence-electron chi connectivity index (χ4n) is 3.51. The number of amides is 1. The molecule has 1 aliphatic rings. The predicted molar refractivity (Wildman–Crippen MR) is 106 cm³/mol. The number of halogens is 1. The van der Waals surface area contributed by atoms with Crippen molar-refractivity contribution in [1.82, 2.24) is 4.90 Å². The Bertz CT molecular complexity index is 720. The molecule has 1 heterocycles. The van der Waals surface area contributed by atoms with Gasteiger partial charge in [0.2, 0.25) is 0 Å². The van der Waals surface area contributed by atoms with Gasteiger partial charge >= 0.3 is 0 Å². The topological polar surface area (TPSA) is 29.5 Å². The highest BCUT2D eigenvalue weighted by molar-refractivity contribution is 6.30. The first-order valence-electron chi connectivity index (χ1n) is 9.22. The third-order valence-corrected chi connectivity index (χ3v) is 5.22. The van der Waals surface area contributed by atoms with E-state index in [1.807, 2.05) is 24.8 Å². The van der Waals surface area contributed by atoms with E-state index in [0.717, 1.165) is 32.4 Å². The fourth-order valence-corrected chi connectivity index (χ4v) is 3.64. The van der Waals surface area contributed by atoms with Crippen molar-refractivity contribution >= 4 is 17.5 Å². The molecular formula is C22H26ClNO2. The normalized spacial score (nSPS) is 15.7. The molecule has 3 rings (SSSR count). The first-order chi connectivity index (χ1) is 12.4. The summed E-state index contributed by atoms with van der Waals surface area (Å²) in [6.45, 7) is 5.26. The van der Waals surface area contributed by atoms with E-state index in [0.29, 0.717) is 16.7 Å². The standard InChI is InChI=1S/C22H26ClNO2/c1-22(2,26-20-10-8-19(23)9-11-20)21(25)24-14-12-18(13-15-24)16-17-6-4-3-5-7-17/h3-11,18H,12-16H2,1-2H3. The quantitative estimate of drug-likeness (QED) is 0.741. The summed E-state index contributed by atoms with van der Waals surface area (Å²) in [5, 5.41) is 0.655. The van der Waals surface area contributed by atoms with Crippen LogP contribution in [0, 0.1) is 5.92 Å². The molecule has 2 aromatic rings. The van der Waals surface area contributed by atoms with Crippen molar-refractivity contribution in [3.8, 4) is 5.75 Å². The number of carbonyl (C=O) groups excluding carboxylic acids is 1. The highest BCUT2D eigenvalue weighted by Gasteiger charge is 2.36. The summed E-state index contributed by atoms with van der Waals surface area (Å²) < 4.78 is 5.94. The van der Waals surface area contributed by atoms with E-state index >= 15 is 0 Å². The van der Waals surface area contributed by atoms with E-state index in [9.17, 15) is 4.79 Å².